The molecule has 6 unspecified atom stereocenters. The number of unbranched alkanes of at least 4 members (excludes halogenated alkanes) is 16. The van der Waals surface area contributed by atoms with Crippen molar-refractivity contribution in [3.8, 4) is 0 Å². The van der Waals surface area contributed by atoms with Crippen LogP contribution in [0.4, 0.5) is 0 Å². The number of carbonyl (C=O) groups excluding carboxylic acids is 3. The Hall–Kier alpha value is -5.40. The van der Waals surface area contributed by atoms with E-state index in [1.807, 2.05) is 12.2 Å². The predicted molar refractivity (Wildman–Crippen MR) is 349 cm³/mol. The van der Waals surface area contributed by atoms with E-state index in [1.165, 1.54) is 51.4 Å². The highest BCUT2D eigenvalue weighted by Gasteiger charge is 2.50. The summed E-state index contributed by atoms with van der Waals surface area (Å²) in [4.78, 5) is 51.4. The summed E-state index contributed by atoms with van der Waals surface area (Å²) >= 11 is 0. The van der Waals surface area contributed by atoms with E-state index in [0.717, 1.165) is 122 Å². The summed E-state index contributed by atoms with van der Waals surface area (Å²) in [6.45, 7) is 5.66. The maximum Gasteiger partial charge on any atom is 0.335 e. The number of carboxylic acid groups (broad SMARTS) is 1. The molecule has 3 N–H and O–H groups in total. The van der Waals surface area contributed by atoms with Crippen LogP contribution in [0.5, 0.6) is 0 Å². The first-order chi connectivity index (χ1) is 41.6. The molecular formula is C73H114O12. The molecule has 0 saturated carbocycles. The molecule has 1 heterocycles. The number of aliphatic hydroxyl groups excluding tert-OH is 2. The Kier molecular flexibility index (Phi) is 53.8. The summed E-state index contributed by atoms with van der Waals surface area (Å²) in [5.74, 6) is -3.29. The van der Waals surface area contributed by atoms with E-state index < -0.39 is 67.3 Å². The van der Waals surface area contributed by atoms with Crippen LogP contribution in [0.2, 0.25) is 0 Å². The Bertz CT molecular complexity index is 2030. The number of allylic oxidation sites excluding steroid dienone is 24. The molecular weight excluding hydrogens is 1070 g/mol. The lowest BCUT2D eigenvalue weighted by atomic mass is 9.98. The molecule has 0 radical (unpaired) electrons. The van der Waals surface area contributed by atoms with Crippen molar-refractivity contribution in [2.75, 3.05) is 13.2 Å². The van der Waals surface area contributed by atoms with E-state index in [1.54, 1.807) is 0 Å². The lowest BCUT2D eigenvalue weighted by Gasteiger charge is -2.40. The van der Waals surface area contributed by atoms with Gasteiger partial charge in [0.1, 0.15) is 18.8 Å². The fourth-order valence-corrected chi connectivity index (χ4v) is 8.94. The average Bonchev–Trinajstić information content (AvgIpc) is 3.51. The molecule has 1 fully saturated rings. The van der Waals surface area contributed by atoms with Gasteiger partial charge in [0, 0.05) is 19.3 Å². The van der Waals surface area contributed by atoms with Crippen molar-refractivity contribution in [1.29, 1.82) is 0 Å². The molecule has 1 aliphatic heterocycles. The Labute approximate surface area is 514 Å². The van der Waals surface area contributed by atoms with Crippen LogP contribution >= 0.6 is 0 Å². The standard InChI is InChI=1S/C73H114O12/c1-4-7-10-13-16-19-22-25-28-31-33-36-38-41-44-47-50-53-56-59-65(74)81-62-64(83-66(75)60-57-54-51-48-45-42-39-35-30-27-24-21-18-15-12-9-6-3)63-82-73-71(69(78)68(77)70(85-73)72(79)80)84-67(76)61-58-55-52-49-46-43-40-37-34-32-29-26-23-20-17-14-11-8-5-2/h7,9-10,12,16-21,25-30,33,36,39,41-42,44,50,53,64,68-71,73,77-78H,4-6,8,11,13-15,22-24,31-32,34-35,37-38,40,43,45-49,51-52,54-63H2,1-3H3,(H,79,80)/b10-7-,12-9-,19-16-,20-17-,21-18-,28-25-,29-26-,30-27-,36-33-,42-39-,44-41-,53-50-. The maximum absolute atomic E-state index is 13.2. The van der Waals surface area contributed by atoms with E-state index in [4.69, 9.17) is 23.7 Å². The monoisotopic (exact) mass is 1180 g/mol. The normalized spacial score (nSPS) is 18.4. The van der Waals surface area contributed by atoms with Gasteiger partial charge in [-0.2, -0.15) is 0 Å². The SMILES string of the molecule is CC/C=C\C/C=C\C/C=C\C/C=C\C/C=C\C/C=C\CCC(=O)OCC(COC1OC(C(=O)O)C(O)C(O)C1OC(=O)CCCCCCCCCCC/C=C\C/C=C\CCCCC)OC(=O)CCCCCC/C=C\C/C=C\C/C=C\C/C=C\CC. The molecule has 0 amide bonds. The van der Waals surface area contributed by atoms with Gasteiger partial charge >= 0.3 is 23.9 Å². The third kappa shape index (κ3) is 48.4. The van der Waals surface area contributed by atoms with E-state index in [9.17, 15) is 34.5 Å². The van der Waals surface area contributed by atoms with E-state index in [-0.39, 0.29) is 25.9 Å². The molecule has 0 aromatic carbocycles. The summed E-state index contributed by atoms with van der Waals surface area (Å²) in [5, 5.41) is 31.6. The van der Waals surface area contributed by atoms with Gasteiger partial charge in [-0.25, -0.2) is 4.79 Å². The molecule has 12 nitrogen and oxygen atoms in total. The van der Waals surface area contributed by atoms with Crippen LogP contribution in [0, 0.1) is 0 Å². The van der Waals surface area contributed by atoms with Gasteiger partial charge < -0.3 is 39.0 Å². The number of ether oxygens (including phenoxy) is 5. The molecule has 85 heavy (non-hydrogen) atoms. The minimum atomic E-state index is -1.93. The molecule has 0 bridgehead atoms. The number of aliphatic hydroxyl groups is 2. The summed E-state index contributed by atoms with van der Waals surface area (Å²) in [6, 6.07) is 0. The summed E-state index contributed by atoms with van der Waals surface area (Å²) in [6.07, 6.45) is 72.4. The molecule has 0 spiro atoms. The largest absolute Gasteiger partial charge is 0.479 e. The van der Waals surface area contributed by atoms with Gasteiger partial charge in [0.25, 0.3) is 0 Å². The number of hydrogen-bond donors (Lipinski definition) is 3. The molecule has 1 aliphatic rings. The summed E-state index contributed by atoms with van der Waals surface area (Å²) in [7, 11) is 0. The van der Waals surface area contributed by atoms with Crippen molar-refractivity contribution in [3.63, 3.8) is 0 Å². The quantitative estimate of drug-likeness (QED) is 0.0228. The van der Waals surface area contributed by atoms with Gasteiger partial charge in [0.2, 0.25) is 0 Å². The van der Waals surface area contributed by atoms with Crippen LogP contribution in [0.15, 0.2) is 146 Å². The van der Waals surface area contributed by atoms with Gasteiger partial charge in [-0.1, -0.05) is 237 Å². The zero-order valence-electron chi connectivity index (χ0n) is 52.8. The Morgan fingerprint density at radius 1 is 0.400 bits per heavy atom. The third-order valence-corrected chi connectivity index (χ3v) is 13.9. The molecule has 6 atom stereocenters. The lowest BCUT2D eigenvalue weighted by molar-refractivity contribution is -0.301. The lowest BCUT2D eigenvalue weighted by Crippen LogP contribution is -2.61. The van der Waals surface area contributed by atoms with E-state index in [2.05, 4.69) is 154 Å². The van der Waals surface area contributed by atoms with Crippen LogP contribution in [0.25, 0.3) is 0 Å². The Balaban J connectivity index is 2.73. The number of carboxylic acids is 1. The van der Waals surface area contributed by atoms with Crippen molar-refractivity contribution in [1.82, 2.24) is 0 Å². The van der Waals surface area contributed by atoms with Gasteiger partial charge in [0.05, 0.1) is 6.61 Å². The predicted octanol–water partition coefficient (Wildman–Crippen LogP) is 17.9. The first-order valence-electron chi connectivity index (χ1n) is 32.8. The van der Waals surface area contributed by atoms with Gasteiger partial charge in [0.15, 0.2) is 24.6 Å². The van der Waals surface area contributed by atoms with Gasteiger partial charge in [-0.05, 0) is 128 Å². The zero-order chi connectivity index (χ0) is 61.7. The first-order valence-corrected chi connectivity index (χ1v) is 32.8. The van der Waals surface area contributed by atoms with Crippen LogP contribution < -0.4 is 0 Å². The van der Waals surface area contributed by atoms with Gasteiger partial charge in [-0.3, -0.25) is 14.4 Å². The average molecular weight is 1180 g/mol. The zero-order valence-corrected chi connectivity index (χ0v) is 52.8. The number of carbonyl (C=O) groups is 4. The minimum Gasteiger partial charge on any atom is -0.479 e. The molecule has 1 rings (SSSR count). The van der Waals surface area contributed by atoms with Crippen molar-refractivity contribution >= 4 is 23.9 Å². The van der Waals surface area contributed by atoms with Crippen molar-refractivity contribution in [2.45, 2.75) is 276 Å². The van der Waals surface area contributed by atoms with E-state index >= 15 is 0 Å². The molecule has 0 aliphatic carbocycles. The highest BCUT2D eigenvalue weighted by molar-refractivity contribution is 5.74. The highest BCUT2D eigenvalue weighted by atomic mass is 16.7. The third-order valence-electron chi connectivity index (χ3n) is 13.9. The second kappa shape index (κ2) is 59.0. The molecule has 12 heteroatoms. The fraction of sp³-hybridized carbons (Fsp3) is 0.616. The van der Waals surface area contributed by atoms with Crippen LogP contribution in [0.1, 0.15) is 239 Å². The van der Waals surface area contributed by atoms with Crippen LogP contribution in [-0.2, 0) is 42.9 Å². The number of hydrogen-bond acceptors (Lipinski definition) is 11. The molecule has 478 valence electrons. The summed E-state index contributed by atoms with van der Waals surface area (Å²) < 4.78 is 28.4. The topological polar surface area (TPSA) is 175 Å². The van der Waals surface area contributed by atoms with Crippen LogP contribution in [-0.4, -0.2) is 89.2 Å². The Morgan fingerprint density at radius 2 is 0.765 bits per heavy atom. The number of esters is 3. The minimum absolute atomic E-state index is 0.0375. The number of rotatable bonds is 54. The van der Waals surface area contributed by atoms with Crippen molar-refractivity contribution in [3.05, 3.63) is 146 Å². The van der Waals surface area contributed by atoms with Gasteiger partial charge in [-0.15, -0.1) is 0 Å². The molecule has 1 saturated heterocycles. The second-order valence-electron chi connectivity index (χ2n) is 21.6. The molecule has 0 aromatic heterocycles. The van der Waals surface area contributed by atoms with Crippen LogP contribution in [0.3, 0.4) is 0 Å². The highest BCUT2D eigenvalue weighted by Crippen LogP contribution is 2.26. The fourth-order valence-electron chi connectivity index (χ4n) is 8.94. The van der Waals surface area contributed by atoms with E-state index in [0.29, 0.717) is 25.7 Å². The summed E-state index contributed by atoms with van der Waals surface area (Å²) in [5.41, 5.74) is 0. The molecule has 0 aromatic rings. The first kappa shape index (κ1) is 77.6. The second-order valence-corrected chi connectivity index (χ2v) is 21.6. The smallest absolute Gasteiger partial charge is 0.335 e. The number of aliphatic carboxylic acids is 1. The Morgan fingerprint density at radius 3 is 1.18 bits per heavy atom. The van der Waals surface area contributed by atoms with Crippen molar-refractivity contribution < 1.29 is 58.2 Å². The van der Waals surface area contributed by atoms with Crippen molar-refractivity contribution in [2.24, 2.45) is 0 Å². The maximum atomic E-state index is 13.2.